The number of nitrogens with zero attached hydrogens (tertiary/aromatic N) is 3. The molecule has 4 rings (SSSR count). The SMILES string of the molecule is C[Si](C)(C)CCOCn1cc(-c2ccccc2OCc2ccccc2)c2c(Cl)ncnc21. The highest BCUT2D eigenvalue weighted by molar-refractivity contribution is 6.76. The molecule has 166 valence electrons. The van der Waals surface area contributed by atoms with Crippen molar-refractivity contribution in [2.45, 2.75) is 39.0 Å². The molecule has 2 aromatic carbocycles. The van der Waals surface area contributed by atoms with Crippen molar-refractivity contribution in [3.8, 4) is 16.9 Å². The number of para-hydroxylation sites is 1. The van der Waals surface area contributed by atoms with E-state index in [0.29, 0.717) is 18.5 Å². The Morgan fingerprint density at radius 3 is 2.47 bits per heavy atom. The van der Waals surface area contributed by atoms with Gasteiger partial charge in [0.05, 0.1) is 5.39 Å². The van der Waals surface area contributed by atoms with Crippen LogP contribution in [0.3, 0.4) is 0 Å². The van der Waals surface area contributed by atoms with E-state index in [1.54, 1.807) is 0 Å². The Bertz CT molecular complexity index is 1190. The maximum atomic E-state index is 6.53. The van der Waals surface area contributed by atoms with Crippen molar-refractivity contribution in [3.63, 3.8) is 0 Å². The Balaban J connectivity index is 1.64. The smallest absolute Gasteiger partial charge is 0.147 e. The number of aromatic nitrogens is 3. The lowest BCUT2D eigenvalue weighted by Gasteiger charge is -2.15. The van der Waals surface area contributed by atoms with Gasteiger partial charge in [-0.05, 0) is 17.7 Å². The highest BCUT2D eigenvalue weighted by atomic mass is 35.5. The number of hydrogen-bond donors (Lipinski definition) is 0. The molecule has 0 saturated heterocycles. The summed E-state index contributed by atoms with van der Waals surface area (Å²) in [6.07, 6.45) is 3.52. The molecule has 7 heteroatoms. The van der Waals surface area contributed by atoms with Gasteiger partial charge >= 0.3 is 0 Å². The Morgan fingerprint density at radius 1 is 0.938 bits per heavy atom. The van der Waals surface area contributed by atoms with Crippen LogP contribution < -0.4 is 4.74 Å². The van der Waals surface area contributed by atoms with Crippen molar-refractivity contribution in [1.82, 2.24) is 14.5 Å². The summed E-state index contributed by atoms with van der Waals surface area (Å²) in [6, 6.07) is 19.2. The maximum absolute atomic E-state index is 6.53. The summed E-state index contributed by atoms with van der Waals surface area (Å²) in [6.45, 7) is 8.68. The summed E-state index contributed by atoms with van der Waals surface area (Å²) in [7, 11) is -1.15. The fourth-order valence-corrected chi connectivity index (χ4v) is 4.47. The maximum Gasteiger partial charge on any atom is 0.147 e. The van der Waals surface area contributed by atoms with Gasteiger partial charge in [-0.3, -0.25) is 0 Å². The van der Waals surface area contributed by atoms with Crippen LogP contribution in [0, 0.1) is 0 Å². The van der Waals surface area contributed by atoms with Crippen LogP contribution in [0.4, 0.5) is 0 Å². The Hall–Kier alpha value is -2.67. The molecule has 0 N–H and O–H groups in total. The average molecular weight is 466 g/mol. The van der Waals surface area contributed by atoms with Crippen molar-refractivity contribution in [1.29, 1.82) is 0 Å². The third-order valence-corrected chi connectivity index (χ3v) is 7.24. The minimum Gasteiger partial charge on any atom is -0.488 e. The first kappa shape index (κ1) is 22.5. The number of halogens is 1. The number of fused-ring (bicyclic) bond motifs is 1. The van der Waals surface area contributed by atoms with Crippen LogP contribution in [0.2, 0.25) is 30.8 Å². The van der Waals surface area contributed by atoms with E-state index >= 15 is 0 Å². The molecule has 0 aliphatic heterocycles. The molecule has 0 atom stereocenters. The summed E-state index contributed by atoms with van der Waals surface area (Å²) in [5.74, 6) is 0.787. The van der Waals surface area contributed by atoms with E-state index in [9.17, 15) is 0 Å². The minimum absolute atomic E-state index is 0.418. The molecule has 0 amide bonds. The Kier molecular flexibility index (Phi) is 6.94. The van der Waals surface area contributed by atoms with Gasteiger partial charge in [-0.25, -0.2) is 9.97 Å². The van der Waals surface area contributed by atoms with Crippen LogP contribution in [0.25, 0.3) is 22.2 Å². The average Bonchev–Trinajstić information content (AvgIpc) is 3.15. The zero-order chi connectivity index (χ0) is 22.6. The van der Waals surface area contributed by atoms with Gasteiger partial charge in [0.2, 0.25) is 0 Å². The van der Waals surface area contributed by atoms with Gasteiger partial charge in [0.1, 0.15) is 36.2 Å². The van der Waals surface area contributed by atoms with E-state index in [0.717, 1.165) is 46.1 Å². The number of ether oxygens (including phenoxy) is 2. The van der Waals surface area contributed by atoms with Crippen molar-refractivity contribution in [2.75, 3.05) is 6.61 Å². The summed E-state index contributed by atoms with van der Waals surface area (Å²) in [4.78, 5) is 8.72. The Morgan fingerprint density at radius 2 is 1.69 bits per heavy atom. The van der Waals surface area contributed by atoms with Crippen LogP contribution in [0.1, 0.15) is 5.56 Å². The monoisotopic (exact) mass is 465 g/mol. The van der Waals surface area contributed by atoms with E-state index in [2.05, 4.69) is 41.7 Å². The molecule has 32 heavy (non-hydrogen) atoms. The minimum atomic E-state index is -1.15. The second kappa shape index (κ2) is 9.86. The van der Waals surface area contributed by atoms with E-state index in [1.165, 1.54) is 6.33 Å². The normalized spacial score (nSPS) is 11.8. The summed E-state index contributed by atoms with van der Waals surface area (Å²) in [5, 5.41) is 1.22. The Labute approximate surface area is 195 Å². The molecular weight excluding hydrogens is 438 g/mol. The fraction of sp³-hybridized carbons (Fsp3) is 0.280. The molecule has 0 unspecified atom stereocenters. The van der Waals surface area contributed by atoms with Gasteiger partial charge in [-0.15, -0.1) is 0 Å². The molecule has 2 heterocycles. The number of hydrogen-bond acceptors (Lipinski definition) is 4. The van der Waals surface area contributed by atoms with Crippen LogP contribution in [-0.2, 0) is 18.1 Å². The van der Waals surface area contributed by atoms with Gasteiger partial charge < -0.3 is 14.0 Å². The highest BCUT2D eigenvalue weighted by Crippen LogP contribution is 2.38. The zero-order valence-electron chi connectivity index (χ0n) is 18.7. The van der Waals surface area contributed by atoms with Crippen LogP contribution >= 0.6 is 11.6 Å². The van der Waals surface area contributed by atoms with Crippen molar-refractivity contribution < 1.29 is 9.47 Å². The summed E-state index contributed by atoms with van der Waals surface area (Å²) in [5.41, 5.74) is 3.75. The van der Waals surface area contributed by atoms with Gasteiger partial charge in [-0.1, -0.05) is 79.8 Å². The van der Waals surface area contributed by atoms with Gasteiger partial charge in [0, 0.05) is 32.0 Å². The molecule has 0 fully saturated rings. The second-order valence-electron chi connectivity index (χ2n) is 8.99. The lowest BCUT2D eigenvalue weighted by molar-refractivity contribution is 0.0899. The molecule has 0 bridgehead atoms. The first-order valence-electron chi connectivity index (χ1n) is 10.8. The van der Waals surface area contributed by atoms with Crippen LogP contribution in [0.15, 0.2) is 67.1 Å². The third-order valence-electron chi connectivity index (χ3n) is 5.25. The molecule has 0 aliphatic rings. The van der Waals surface area contributed by atoms with Crippen molar-refractivity contribution in [3.05, 3.63) is 77.8 Å². The lowest BCUT2D eigenvalue weighted by Crippen LogP contribution is -2.22. The zero-order valence-corrected chi connectivity index (χ0v) is 20.5. The first-order chi connectivity index (χ1) is 15.4. The number of benzene rings is 2. The summed E-state index contributed by atoms with van der Waals surface area (Å²) < 4.78 is 14.2. The molecule has 0 spiro atoms. The second-order valence-corrected chi connectivity index (χ2v) is 15.0. The first-order valence-corrected chi connectivity index (χ1v) is 14.8. The van der Waals surface area contributed by atoms with Gasteiger partial charge in [0.15, 0.2) is 0 Å². The third kappa shape index (κ3) is 5.38. The van der Waals surface area contributed by atoms with Gasteiger partial charge in [-0.2, -0.15) is 0 Å². The van der Waals surface area contributed by atoms with Crippen molar-refractivity contribution in [2.24, 2.45) is 0 Å². The van der Waals surface area contributed by atoms with Crippen LogP contribution in [-0.4, -0.2) is 29.2 Å². The van der Waals surface area contributed by atoms with Crippen LogP contribution in [0.5, 0.6) is 5.75 Å². The molecule has 0 radical (unpaired) electrons. The molecule has 2 aromatic heterocycles. The molecule has 0 aliphatic carbocycles. The molecule has 0 saturated carbocycles. The van der Waals surface area contributed by atoms with Crippen molar-refractivity contribution >= 4 is 30.7 Å². The van der Waals surface area contributed by atoms with E-state index in [4.69, 9.17) is 21.1 Å². The van der Waals surface area contributed by atoms with Gasteiger partial charge in [0.25, 0.3) is 0 Å². The molecule has 4 aromatic rings. The predicted octanol–water partition coefficient (Wildman–Crippen LogP) is 6.64. The highest BCUT2D eigenvalue weighted by Gasteiger charge is 2.19. The molecular formula is C25H28ClN3O2Si. The lowest BCUT2D eigenvalue weighted by atomic mass is 10.1. The van der Waals surface area contributed by atoms with E-state index in [-0.39, 0.29) is 0 Å². The largest absolute Gasteiger partial charge is 0.488 e. The van der Waals surface area contributed by atoms with E-state index < -0.39 is 8.07 Å². The predicted molar refractivity (Wildman–Crippen MR) is 133 cm³/mol. The van der Waals surface area contributed by atoms with E-state index in [1.807, 2.05) is 53.2 Å². The summed E-state index contributed by atoms with van der Waals surface area (Å²) >= 11 is 6.53. The quantitative estimate of drug-likeness (QED) is 0.158. The number of rotatable bonds is 9. The molecule has 5 nitrogen and oxygen atoms in total. The standard InChI is InChI=1S/C25H28ClN3O2Si/c1-32(2,3)14-13-30-18-29-15-21(23-24(26)27-17-28-25(23)29)20-11-7-8-12-22(20)31-16-19-9-5-4-6-10-19/h4-12,15,17H,13-14,16,18H2,1-3H3. The topological polar surface area (TPSA) is 49.2 Å². The fourth-order valence-electron chi connectivity index (χ4n) is 3.48.